The Hall–Kier alpha value is -0.750. The highest BCUT2D eigenvalue weighted by Crippen LogP contribution is 2.42. The Morgan fingerprint density at radius 2 is 0.559 bits per heavy atom. The summed E-state index contributed by atoms with van der Waals surface area (Å²) >= 11 is 35.3. The fraction of sp³-hybridized carbons (Fsp3) is 0. The molecule has 0 saturated heterocycles. The van der Waals surface area contributed by atoms with Crippen LogP contribution in [0.3, 0.4) is 0 Å². The van der Waals surface area contributed by atoms with E-state index in [1.165, 1.54) is 18.2 Å². The van der Waals surface area contributed by atoms with Crippen molar-refractivity contribution in [1.82, 2.24) is 0 Å². The van der Waals surface area contributed by atoms with E-state index in [2.05, 4.69) is 0 Å². The SMILES string of the molecule is O=S(=O)(c1cc(Cl)cc(Cl)c1)[C-](S(=O)(=O)c1cc(Cl)cc(Cl)c1)S(=O)(=O)c1cc(Cl)cc(Cl)c1. The lowest BCUT2D eigenvalue weighted by Gasteiger charge is -2.30. The summed E-state index contributed by atoms with van der Waals surface area (Å²) in [6, 6.07) is 8.64. The maximum atomic E-state index is 13.6. The van der Waals surface area contributed by atoms with Crippen LogP contribution in [0.1, 0.15) is 0 Å². The molecule has 182 valence electrons. The minimum atomic E-state index is -5.31. The average Bonchev–Trinajstić information content (AvgIpc) is 2.65. The van der Waals surface area contributed by atoms with Crippen molar-refractivity contribution in [2.24, 2.45) is 0 Å². The fourth-order valence-corrected chi connectivity index (χ4v) is 12.2. The van der Waals surface area contributed by atoms with Crippen LogP contribution < -0.4 is 0 Å². The first-order chi connectivity index (χ1) is 15.5. The predicted molar refractivity (Wildman–Crippen MR) is 134 cm³/mol. The first-order valence-electron chi connectivity index (χ1n) is 8.55. The molecule has 0 bridgehead atoms. The molecule has 0 atom stereocenters. The maximum absolute atomic E-state index is 13.6. The maximum Gasteiger partial charge on any atom is 0.0832 e. The van der Waals surface area contributed by atoms with Crippen LogP contribution in [0.4, 0.5) is 0 Å². The Morgan fingerprint density at radius 3 is 0.735 bits per heavy atom. The molecule has 0 aliphatic rings. The molecule has 6 nitrogen and oxygen atoms in total. The largest absolute Gasteiger partial charge is 0.255 e. The third kappa shape index (κ3) is 5.63. The van der Waals surface area contributed by atoms with Crippen LogP contribution in [-0.4, -0.2) is 25.3 Å². The van der Waals surface area contributed by atoms with Crippen molar-refractivity contribution in [2.45, 2.75) is 14.7 Å². The number of halogens is 6. The van der Waals surface area contributed by atoms with Crippen molar-refractivity contribution in [3.05, 3.63) is 88.6 Å². The standard InChI is InChI=1S/C19H9Cl6O6S3/c20-10-1-11(21)5-16(4-10)32(26,27)19(33(28,29)17-6-12(22)2-13(23)7-17)34(30,31)18-8-14(24)3-15(25)9-18/h1-9H/q-1. The van der Waals surface area contributed by atoms with Crippen LogP contribution in [0.2, 0.25) is 30.1 Å². The molecule has 0 amide bonds. The molecule has 3 aromatic rings. The highest BCUT2D eigenvalue weighted by molar-refractivity contribution is 8.29. The van der Waals surface area contributed by atoms with E-state index >= 15 is 0 Å². The van der Waals surface area contributed by atoms with Gasteiger partial charge < -0.3 is 0 Å². The van der Waals surface area contributed by atoms with Crippen molar-refractivity contribution in [1.29, 1.82) is 0 Å². The number of sulfone groups is 3. The zero-order valence-corrected chi connectivity index (χ0v) is 23.1. The van der Waals surface area contributed by atoms with Gasteiger partial charge in [0.25, 0.3) is 0 Å². The molecule has 3 aromatic carbocycles. The van der Waals surface area contributed by atoms with Gasteiger partial charge in [-0.1, -0.05) is 69.6 Å². The Morgan fingerprint density at radius 1 is 0.382 bits per heavy atom. The van der Waals surface area contributed by atoms with E-state index in [1.807, 2.05) is 0 Å². The van der Waals surface area contributed by atoms with Gasteiger partial charge >= 0.3 is 0 Å². The number of benzene rings is 3. The molecule has 0 saturated carbocycles. The Labute approximate surface area is 226 Å². The third-order valence-electron chi connectivity index (χ3n) is 4.10. The Kier molecular flexibility index (Phi) is 8.15. The van der Waals surface area contributed by atoms with Crippen LogP contribution >= 0.6 is 69.6 Å². The van der Waals surface area contributed by atoms with E-state index in [9.17, 15) is 25.3 Å². The normalized spacial score (nSPS) is 12.8. The van der Waals surface area contributed by atoms with Gasteiger partial charge in [-0.15, -0.1) is 0 Å². The van der Waals surface area contributed by atoms with Crippen molar-refractivity contribution >= 4 is 99.1 Å². The van der Waals surface area contributed by atoms with E-state index in [-0.39, 0.29) is 30.1 Å². The Bertz CT molecular complexity index is 1370. The van der Waals surface area contributed by atoms with E-state index in [0.717, 1.165) is 36.4 Å². The third-order valence-corrected chi connectivity index (χ3v) is 13.2. The summed E-state index contributed by atoms with van der Waals surface area (Å²) in [4.78, 5) is -2.35. The molecule has 0 fully saturated rings. The van der Waals surface area contributed by atoms with Gasteiger partial charge in [0.1, 0.15) is 0 Å². The van der Waals surface area contributed by atoms with Crippen molar-refractivity contribution in [3.8, 4) is 0 Å². The molecule has 3 rings (SSSR count). The van der Waals surface area contributed by atoms with Gasteiger partial charge in [-0.05, 0) is 54.6 Å². The van der Waals surface area contributed by atoms with Crippen molar-refractivity contribution in [2.75, 3.05) is 0 Å². The van der Waals surface area contributed by atoms with Crippen LogP contribution in [0.25, 0.3) is 0 Å². The topological polar surface area (TPSA) is 102 Å². The summed E-state index contributed by atoms with van der Waals surface area (Å²) in [6.07, 6.45) is 0. The number of rotatable bonds is 6. The van der Waals surface area contributed by atoms with E-state index in [4.69, 9.17) is 69.6 Å². The average molecular weight is 642 g/mol. The van der Waals surface area contributed by atoms with Gasteiger partial charge in [-0.2, -0.15) is 0 Å². The molecule has 0 aliphatic carbocycles. The molecule has 0 aliphatic heterocycles. The van der Waals surface area contributed by atoms with Gasteiger partial charge in [0.2, 0.25) is 0 Å². The predicted octanol–water partition coefficient (Wildman–Crippen LogP) is 6.78. The van der Waals surface area contributed by atoms with E-state index < -0.39 is 48.1 Å². The second kappa shape index (κ2) is 9.95. The van der Waals surface area contributed by atoms with E-state index in [0.29, 0.717) is 0 Å². The second-order valence-electron chi connectivity index (χ2n) is 6.58. The highest BCUT2D eigenvalue weighted by atomic mass is 35.5. The molecular weight excluding hydrogens is 633 g/mol. The van der Waals surface area contributed by atoms with Crippen LogP contribution in [0, 0.1) is 3.91 Å². The van der Waals surface area contributed by atoms with Crippen LogP contribution in [0.5, 0.6) is 0 Å². The minimum Gasteiger partial charge on any atom is -0.255 e. The first-order valence-corrected chi connectivity index (χ1v) is 15.3. The molecule has 0 spiro atoms. The fourth-order valence-electron chi connectivity index (χ4n) is 2.77. The number of hydrogen-bond donors (Lipinski definition) is 0. The molecular formula is C19H9Cl6O6S3-. The first kappa shape index (κ1) is 27.8. The monoisotopic (exact) mass is 639 g/mol. The Balaban J connectivity index is 2.43. The summed E-state index contributed by atoms with van der Waals surface area (Å²) in [6.45, 7) is 0. The molecule has 34 heavy (non-hydrogen) atoms. The molecule has 0 unspecified atom stereocenters. The van der Waals surface area contributed by atoms with Crippen molar-refractivity contribution < 1.29 is 25.3 Å². The van der Waals surface area contributed by atoms with Gasteiger partial charge in [-0.3, -0.25) is 25.3 Å². The zero-order valence-electron chi connectivity index (χ0n) is 16.1. The minimum absolute atomic E-state index is 0.183. The molecule has 0 N–H and O–H groups in total. The van der Waals surface area contributed by atoms with Crippen LogP contribution in [-0.2, 0) is 29.5 Å². The molecule has 0 radical (unpaired) electrons. The second-order valence-corrected chi connectivity index (χ2v) is 15.6. The molecule has 15 heteroatoms. The van der Waals surface area contributed by atoms with Gasteiger partial charge in [0.05, 0.1) is 33.4 Å². The summed E-state index contributed by atoms with van der Waals surface area (Å²) in [5.74, 6) is 0. The summed E-state index contributed by atoms with van der Waals surface area (Å²) in [5.41, 5.74) is 0. The molecule has 0 heterocycles. The van der Waals surface area contributed by atoms with Crippen LogP contribution in [0.15, 0.2) is 69.3 Å². The van der Waals surface area contributed by atoms with E-state index in [1.54, 1.807) is 0 Å². The van der Waals surface area contributed by atoms with Gasteiger partial charge in [0, 0.05) is 44.8 Å². The summed E-state index contributed by atoms with van der Waals surface area (Å²) < 4.78 is 79.5. The summed E-state index contributed by atoms with van der Waals surface area (Å²) in [5, 5.41) is -1.10. The zero-order chi connectivity index (χ0) is 25.6. The van der Waals surface area contributed by atoms with Crippen molar-refractivity contribution in [3.63, 3.8) is 0 Å². The lowest BCUT2D eigenvalue weighted by molar-refractivity contribution is 0.583. The smallest absolute Gasteiger partial charge is 0.0832 e. The highest BCUT2D eigenvalue weighted by Gasteiger charge is 2.39. The van der Waals surface area contributed by atoms with Gasteiger partial charge in [0.15, 0.2) is 0 Å². The lowest BCUT2D eigenvalue weighted by atomic mass is 10.4. The lowest BCUT2D eigenvalue weighted by Crippen LogP contribution is -2.30. The molecule has 0 aromatic heterocycles. The number of hydrogen-bond acceptors (Lipinski definition) is 6. The van der Waals surface area contributed by atoms with Gasteiger partial charge in [-0.25, -0.2) is 0 Å². The quantitative estimate of drug-likeness (QED) is 0.275. The summed E-state index contributed by atoms with van der Waals surface area (Å²) in [7, 11) is -15.9.